The van der Waals surface area contributed by atoms with Gasteiger partial charge in [-0.05, 0) is 30.0 Å². The van der Waals surface area contributed by atoms with Crippen molar-refractivity contribution in [3.8, 4) is 5.75 Å². The van der Waals surface area contributed by atoms with E-state index in [1.165, 1.54) is 0 Å². The first-order chi connectivity index (χ1) is 9.52. The number of guanidine groups is 1. The van der Waals surface area contributed by atoms with Gasteiger partial charge in [-0.3, -0.25) is 4.99 Å². The van der Waals surface area contributed by atoms with Crippen LogP contribution in [0.2, 0.25) is 0 Å². The first-order valence-electron chi connectivity index (χ1n) is 6.88. The van der Waals surface area contributed by atoms with Gasteiger partial charge in [-0.25, -0.2) is 0 Å². The molecule has 0 bridgehead atoms. The number of nitrogens with one attached hydrogen (secondary N) is 1. The van der Waals surface area contributed by atoms with Crippen LogP contribution in [0.15, 0.2) is 29.3 Å². The van der Waals surface area contributed by atoms with Gasteiger partial charge in [0.1, 0.15) is 5.75 Å². The highest BCUT2D eigenvalue weighted by Crippen LogP contribution is 2.19. The van der Waals surface area contributed by atoms with Gasteiger partial charge in [-0.15, -0.1) is 24.0 Å². The minimum absolute atomic E-state index is 0. The SMILES string of the molecule is COc1cccc(C(O)CN=C(N)NCCC(C)C)c1.I. The molecule has 0 saturated carbocycles. The molecule has 0 aromatic heterocycles. The van der Waals surface area contributed by atoms with Gasteiger partial charge in [0, 0.05) is 6.54 Å². The highest BCUT2D eigenvalue weighted by molar-refractivity contribution is 14.0. The minimum atomic E-state index is -0.685. The molecule has 5 nitrogen and oxygen atoms in total. The van der Waals surface area contributed by atoms with Gasteiger partial charge in [0.25, 0.3) is 0 Å². The Balaban J connectivity index is 0.00000400. The predicted molar refractivity (Wildman–Crippen MR) is 97.3 cm³/mol. The zero-order valence-electron chi connectivity index (χ0n) is 12.9. The average Bonchev–Trinajstić information content (AvgIpc) is 2.44. The predicted octanol–water partition coefficient (Wildman–Crippen LogP) is 2.30. The monoisotopic (exact) mass is 407 g/mol. The summed E-state index contributed by atoms with van der Waals surface area (Å²) in [6.07, 6.45) is 0.352. The van der Waals surface area contributed by atoms with Crippen LogP contribution in [0, 0.1) is 5.92 Å². The van der Waals surface area contributed by atoms with Crippen molar-refractivity contribution >= 4 is 29.9 Å². The lowest BCUT2D eigenvalue weighted by Gasteiger charge is -2.11. The molecule has 0 aliphatic rings. The van der Waals surface area contributed by atoms with Crippen molar-refractivity contribution in [1.29, 1.82) is 0 Å². The number of ether oxygens (including phenoxy) is 1. The number of methoxy groups -OCH3 is 1. The normalized spacial score (nSPS) is 12.7. The molecule has 6 heteroatoms. The third kappa shape index (κ3) is 8.11. The topological polar surface area (TPSA) is 79.9 Å². The number of rotatable bonds is 7. The molecule has 0 amide bonds. The van der Waals surface area contributed by atoms with Crippen LogP contribution >= 0.6 is 24.0 Å². The van der Waals surface area contributed by atoms with Gasteiger partial charge < -0.3 is 20.9 Å². The standard InChI is InChI=1S/C15H25N3O2.HI/c1-11(2)7-8-17-15(16)18-10-14(19)12-5-4-6-13(9-12)20-3;/h4-6,9,11,14,19H,7-8,10H2,1-3H3,(H3,16,17,18);1H. The fraction of sp³-hybridized carbons (Fsp3) is 0.533. The number of aliphatic hydroxyl groups excluding tert-OH is 1. The first kappa shape index (κ1) is 20.0. The molecule has 21 heavy (non-hydrogen) atoms. The van der Waals surface area contributed by atoms with E-state index >= 15 is 0 Å². The van der Waals surface area contributed by atoms with Gasteiger partial charge in [-0.2, -0.15) is 0 Å². The fourth-order valence-electron chi connectivity index (χ4n) is 1.68. The second-order valence-electron chi connectivity index (χ2n) is 5.13. The fourth-order valence-corrected chi connectivity index (χ4v) is 1.68. The molecule has 0 radical (unpaired) electrons. The second-order valence-corrected chi connectivity index (χ2v) is 5.13. The van der Waals surface area contributed by atoms with E-state index < -0.39 is 6.10 Å². The van der Waals surface area contributed by atoms with Gasteiger partial charge in [0.2, 0.25) is 0 Å². The molecule has 4 N–H and O–H groups in total. The summed E-state index contributed by atoms with van der Waals surface area (Å²) in [5.74, 6) is 1.71. The Bertz CT molecular complexity index is 439. The number of aliphatic imine (C=N–C) groups is 1. The minimum Gasteiger partial charge on any atom is -0.497 e. The first-order valence-corrected chi connectivity index (χ1v) is 6.88. The van der Waals surface area contributed by atoms with E-state index in [-0.39, 0.29) is 30.5 Å². The lowest BCUT2D eigenvalue weighted by atomic mass is 10.1. The Hall–Kier alpha value is -1.02. The van der Waals surface area contributed by atoms with Crippen LogP contribution in [0.4, 0.5) is 0 Å². The maximum atomic E-state index is 10.1. The van der Waals surface area contributed by atoms with Crippen molar-refractivity contribution in [2.75, 3.05) is 20.2 Å². The van der Waals surface area contributed by atoms with Crippen LogP contribution in [0.25, 0.3) is 0 Å². The summed E-state index contributed by atoms with van der Waals surface area (Å²) in [5, 5.41) is 13.1. The smallest absolute Gasteiger partial charge is 0.188 e. The van der Waals surface area contributed by atoms with Crippen molar-refractivity contribution < 1.29 is 9.84 Å². The van der Waals surface area contributed by atoms with Gasteiger partial charge in [0.05, 0.1) is 19.8 Å². The quantitative estimate of drug-likeness (QED) is 0.368. The third-order valence-electron chi connectivity index (χ3n) is 2.94. The summed E-state index contributed by atoms with van der Waals surface area (Å²) in [5.41, 5.74) is 6.51. The largest absolute Gasteiger partial charge is 0.497 e. The van der Waals surface area contributed by atoms with Crippen LogP contribution in [0.3, 0.4) is 0 Å². The maximum absolute atomic E-state index is 10.1. The molecule has 0 saturated heterocycles. The zero-order chi connectivity index (χ0) is 15.0. The van der Waals surface area contributed by atoms with Crippen LogP contribution in [0.1, 0.15) is 31.9 Å². The number of nitrogens with zero attached hydrogens (tertiary/aromatic N) is 1. The molecule has 0 aliphatic carbocycles. The summed E-state index contributed by atoms with van der Waals surface area (Å²) >= 11 is 0. The van der Waals surface area contributed by atoms with Gasteiger partial charge in [-0.1, -0.05) is 26.0 Å². The summed E-state index contributed by atoms with van der Waals surface area (Å²) in [6, 6.07) is 7.31. The van der Waals surface area contributed by atoms with Crippen molar-refractivity contribution in [1.82, 2.24) is 5.32 Å². The molecule has 1 aromatic rings. The van der Waals surface area contributed by atoms with E-state index in [1.54, 1.807) is 13.2 Å². The molecular weight excluding hydrogens is 381 g/mol. The molecular formula is C15H26IN3O2. The Morgan fingerprint density at radius 2 is 2.14 bits per heavy atom. The van der Waals surface area contributed by atoms with Gasteiger partial charge in [0.15, 0.2) is 5.96 Å². The molecule has 1 rings (SSSR count). The summed E-state index contributed by atoms with van der Waals surface area (Å²) in [4.78, 5) is 4.15. The molecule has 0 spiro atoms. The average molecular weight is 407 g/mol. The number of hydrogen-bond acceptors (Lipinski definition) is 3. The number of hydrogen-bond donors (Lipinski definition) is 3. The Kier molecular flexibility index (Phi) is 10.2. The summed E-state index contributed by atoms with van der Waals surface area (Å²) < 4.78 is 5.12. The molecule has 0 fully saturated rings. The lowest BCUT2D eigenvalue weighted by molar-refractivity contribution is 0.186. The van der Waals surface area contributed by atoms with E-state index in [4.69, 9.17) is 10.5 Å². The second kappa shape index (κ2) is 10.7. The van der Waals surface area contributed by atoms with Crippen LogP contribution in [0.5, 0.6) is 5.75 Å². The van der Waals surface area contributed by atoms with E-state index in [1.807, 2.05) is 18.2 Å². The van der Waals surface area contributed by atoms with Crippen LogP contribution < -0.4 is 15.8 Å². The number of aliphatic hydroxyl groups is 1. The van der Waals surface area contributed by atoms with Crippen LogP contribution in [-0.2, 0) is 0 Å². The Morgan fingerprint density at radius 3 is 2.76 bits per heavy atom. The highest BCUT2D eigenvalue weighted by atomic mass is 127. The Morgan fingerprint density at radius 1 is 1.43 bits per heavy atom. The van der Waals surface area contributed by atoms with Crippen molar-refractivity contribution in [3.63, 3.8) is 0 Å². The molecule has 1 atom stereocenters. The van der Waals surface area contributed by atoms with Crippen molar-refractivity contribution in [2.45, 2.75) is 26.4 Å². The van der Waals surface area contributed by atoms with E-state index in [0.717, 1.165) is 18.5 Å². The highest BCUT2D eigenvalue weighted by Gasteiger charge is 2.07. The lowest BCUT2D eigenvalue weighted by Crippen LogP contribution is -2.33. The number of benzene rings is 1. The molecule has 0 heterocycles. The molecule has 0 aliphatic heterocycles. The van der Waals surface area contributed by atoms with Crippen molar-refractivity contribution in [3.05, 3.63) is 29.8 Å². The van der Waals surface area contributed by atoms with E-state index in [9.17, 15) is 5.11 Å². The number of nitrogens with two attached hydrogens (primary N) is 1. The van der Waals surface area contributed by atoms with E-state index in [0.29, 0.717) is 17.6 Å². The Labute approximate surface area is 144 Å². The summed E-state index contributed by atoms with van der Waals surface area (Å²) in [6.45, 7) is 5.33. The van der Waals surface area contributed by atoms with Crippen LogP contribution in [-0.4, -0.2) is 31.3 Å². The van der Waals surface area contributed by atoms with E-state index in [2.05, 4.69) is 24.2 Å². The summed E-state index contributed by atoms with van der Waals surface area (Å²) in [7, 11) is 1.60. The molecule has 1 aromatic carbocycles. The number of halogens is 1. The van der Waals surface area contributed by atoms with Crippen molar-refractivity contribution in [2.24, 2.45) is 16.6 Å². The molecule has 1 unspecified atom stereocenters. The van der Waals surface area contributed by atoms with Gasteiger partial charge >= 0.3 is 0 Å². The maximum Gasteiger partial charge on any atom is 0.188 e. The third-order valence-corrected chi connectivity index (χ3v) is 2.94. The molecule has 120 valence electrons. The zero-order valence-corrected chi connectivity index (χ0v) is 15.2.